The van der Waals surface area contributed by atoms with E-state index >= 15 is 0 Å². The molecule has 0 spiro atoms. The van der Waals surface area contributed by atoms with E-state index in [0.717, 1.165) is 12.8 Å². The van der Waals surface area contributed by atoms with Gasteiger partial charge in [-0.2, -0.15) is 0 Å². The van der Waals surface area contributed by atoms with E-state index in [0.29, 0.717) is 24.3 Å². The Morgan fingerprint density at radius 1 is 1.04 bits per heavy atom. The van der Waals surface area contributed by atoms with Crippen LogP contribution in [0, 0.1) is 0 Å². The normalized spacial score (nSPS) is 15.1. The van der Waals surface area contributed by atoms with Gasteiger partial charge in [0.15, 0.2) is 0 Å². The van der Waals surface area contributed by atoms with Gasteiger partial charge >= 0.3 is 0 Å². The average Bonchev–Trinajstić information content (AvgIpc) is 2.68. The van der Waals surface area contributed by atoms with E-state index in [-0.39, 0.29) is 29.3 Å². The van der Waals surface area contributed by atoms with Crippen LogP contribution >= 0.6 is 12.4 Å². The number of hydrogen-bond acceptors (Lipinski definition) is 4. The first kappa shape index (κ1) is 21.2. The molecule has 146 valence electrons. The summed E-state index contributed by atoms with van der Waals surface area (Å²) in [5.41, 5.74) is 6.94. The number of carbonyl (C=O) groups is 1. The molecule has 0 radical (unpaired) electrons. The monoisotopic (exact) mass is 409 g/mol. The van der Waals surface area contributed by atoms with Crippen molar-refractivity contribution < 1.29 is 13.2 Å². The van der Waals surface area contributed by atoms with Crippen LogP contribution < -0.4 is 10.0 Å². The minimum Gasteiger partial charge on any atom is -0.339 e. The number of nitrogens with zero attached hydrogens (tertiary/aromatic N) is 2. The molecule has 2 aromatic rings. The van der Waals surface area contributed by atoms with Crippen molar-refractivity contribution in [2.45, 2.75) is 23.8 Å². The van der Waals surface area contributed by atoms with Crippen molar-refractivity contribution in [2.24, 2.45) is 5.73 Å². The van der Waals surface area contributed by atoms with Crippen molar-refractivity contribution >= 4 is 34.0 Å². The molecule has 1 amide bonds. The molecule has 1 aliphatic rings. The van der Waals surface area contributed by atoms with Crippen molar-refractivity contribution in [1.82, 2.24) is 4.90 Å². The fourth-order valence-corrected chi connectivity index (χ4v) is 4.18. The highest BCUT2D eigenvalue weighted by Gasteiger charge is 2.24. The highest BCUT2D eigenvalue weighted by Crippen LogP contribution is 2.22. The molecule has 2 aromatic carbocycles. The van der Waals surface area contributed by atoms with Gasteiger partial charge in [0.25, 0.3) is 15.9 Å². The van der Waals surface area contributed by atoms with Crippen LogP contribution in [0.15, 0.2) is 59.5 Å². The first-order chi connectivity index (χ1) is 12.4. The maximum atomic E-state index is 12.8. The summed E-state index contributed by atoms with van der Waals surface area (Å²) in [6, 6.07) is 15.1. The molecular weight excluding hydrogens is 386 g/mol. The molecule has 1 fully saturated rings. The van der Waals surface area contributed by atoms with Crippen LogP contribution in [-0.4, -0.2) is 45.4 Å². The molecule has 27 heavy (non-hydrogen) atoms. The van der Waals surface area contributed by atoms with E-state index in [2.05, 4.69) is 0 Å². The van der Waals surface area contributed by atoms with Crippen LogP contribution in [-0.2, 0) is 10.0 Å². The maximum Gasteiger partial charge on any atom is 0.264 e. The van der Waals surface area contributed by atoms with Crippen LogP contribution in [0.5, 0.6) is 0 Å². The number of halogens is 1. The molecule has 0 aliphatic carbocycles. The fraction of sp³-hybridized carbons (Fsp3) is 0.316. The van der Waals surface area contributed by atoms with E-state index < -0.39 is 10.0 Å². The van der Waals surface area contributed by atoms with Crippen LogP contribution in [0.25, 0.3) is 0 Å². The quantitative estimate of drug-likeness (QED) is 0.840. The third kappa shape index (κ3) is 4.61. The van der Waals surface area contributed by atoms with Gasteiger partial charge in [0.1, 0.15) is 0 Å². The molecule has 2 N–H and O–H groups in total. The number of para-hydroxylation sites is 1. The lowest BCUT2D eigenvalue weighted by Crippen LogP contribution is -2.42. The lowest BCUT2D eigenvalue weighted by atomic mass is 10.1. The number of likely N-dealkylation sites (tertiary alicyclic amines) is 1. The summed E-state index contributed by atoms with van der Waals surface area (Å²) in [6.45, 7) is 1.27. The third-order valence-electron chi connectivity index (χ3n) is 4.71. The number of amides is 1. The molecule has 0 aromatic heterocycles. The van der Waals surface area contributed by atoms with E-state index in [4.69, 9.17) is 5.73 Å². The van der Waals surface area contributed by atoms with E-state index in [1.165, 1.54) is 23.5 Å². The number of nitrogens with two attached hydrogens (primary N) is 1. The van der Waals surface area contributed by atoms with E-state index in [1.807, 2.05) is 6.07 Å². The molecule has 8 heteroatoms. The Morgan fingerprint density at radius 2 is 1.59 bits per heavy atom. The van der Waals surface area contributed by atoms with Crippen molar-refractivity contribution in [1.29, 1.82) is 0 Å². The molecule has 0 saturated carbocycles. The Hall–Kier alpha value is -2.09. The van der Waals surface area contributed by atoms with E-state index in [1.54, 1.807) is 41.3 Å². The Balaban J connectivity index is 0.00000261. The van der Waals surface area contributed by atoms with Gasteiger partial charge < -0.3 is 10.6 Å². The topological polar surface area (TPSA) is 83.7 Å². The van der Waals surface area contributed by atoms with Gasteiger partial charge in [0.05, 0.1) is 10.6 Å². The second kappa shape index (κ2) is 8.73. The Kier molecular flexibility index (Phi) is 6.86. The predicted octanol–water partition coefficient (Wildman–Crippen LogP) is 2.50. The van der Waals surface area contributed by atoms with Gasteiger partial charge in [0, 0.05) is 31.7 Å². The van der Waals surface area contributed by atoms with Crippen LogP contribution in [0.1, 0.15) is 23.2 Å². The summed E-state index contributed by atoms with van der Waals surface area (Å²) in [5.74, 6) is -0.0859. The van der Waals surface area contributed by atoms with Crippen molar-refractivity contribution in [3.8, 4) is 0 Å². The largest absolute Gasteiger partial charge is 0.339 e. The Morgan fingerprint density at radius 3 is 2.15 bits per heavy atom. The summed E-state index contributed by atoms with van der Waals surface area (Å²) in [6.07, 6.45) is 1.58. The van der Waals surface area contributed by atoms with Crippen LogP contribution in [0.2, 0.25) is 0 Å². The third-order valence-corrected chi connectivity index (χ3v) is 6.51. The lowest BCUT2D eigenvalue weighted by molar-refractivity contribution is 0.0714. The highest BCUT2D eigenvalue weighted by atomic mass is 35.5. The number of piperidine rings is 1. The summed E-state index contributed by atoms with van der Waals surface area (Å²) >= 11 is 0. The standard InChI is InChI=1S/C19H23N3O3S.ClH/c1-21(17-5-3-2-4-6-17)26(24,25)18-9-7-15(8-10-18)19(23)22-13-11-16(20)12-14-22;/h2-10,16H,11-14,20H2,1H3;1H. The number of carbonyl (C=O) groups excluding carboxylic acids is 1. The first-order valence-corrected chi connectivity index (χ1v) is 10.0. The van der Waals surface area contributed by atoms with Gasteiger partial charge in [-0.25, -0.2) is 8.42 Å². The Bertz CT molecular complexity index is 865. The van der Waals surface area contributed by atoms with Crippen LogP contribution in [0.3, 0.4) is 0 Å². The molecule has 0 atom stereocenters. The molecule has 1 saturated heterocycles. The van der Waals surface area contributed by atoms with Gasteiger partial charge in [-0.3, -0.25) is 9.10 Å². The lowest BCUT2D eigenvalue weighted by Gasteiger charge is -2.30. The van der Waals surface area contributed by atoms with E-state index in [9.17, 15) is 13.2 Å². The molecule has 0 bridgehead atoms. The molecule has 1 aliphatic heterocycles. The SMILES string of the molecule is CN(c1ccccc1)S(=O)(=O)c1ccc(C(=O)N2CCC(N)CC2)cc1.Cl. The van der Waals surface area contributed by atoms with Crippen molar-refractivity contribution in [3.05, 3.63) is 60.2 Å². The highest BCUT2D eigenvalue weighted by molar-refractivity contribution is 7.92. The number of hydrogen-bond donors (Lipinski definition) is 1. The van der Waals surface area contributed by atoms with Crippen molar-refractivity contribution in [2.75, 3.05) is 24.4 Å². The second-order valence-electron chi connectivity index (χ2n) is 6.46. The summed E-state index contributed by atoms with van der Waals surface area (Å²) < 4.78 is 26.8. The summed E-state index contributed by atoms with van der Waals surface area (Å²) in [5, 5.41) is 0. The average molecular weight is 410 g/mol. The minimum atomic E-state index is -3.67. The molecular formula is C19H24ClN3O3S. The number of anilines is 1. The zero-order chi connectivity index (χ0) is 18.7. The van der Waals surface area contributed by atoms with Gasteiger partial charge in [-0.15, -0.1) is 12.4 Å². The second-order valence-corrected chi connectivity index (χ2v) is 8.43. The Labute approximate surface area is 166 Å². The number of benzene rings is 2. The van der Waals surface area contributed by atoms with Gasteiger partial charge in [-0.1, -0.05) is 18.2 Å². The predicted molar refractivity (Wildman–Crippen MR) is 109 cm³/mol. The van der Waals surface area contributed by atoms with Gasteiger partial charge in [-0.05, 0) is 49.2 Å². The fourth-order valence-electron chi connectivity index (χ4n) is 2.99. The maximum absolute atomic E-state index is 12.8. The first-order valence-electron chi connectivity index (χ1n) is 8.58. The number of sulfonamides is 1. The molecule has 0 unspecified atom stereocenters. The summed E-state index contributed by atoms with van der Waals surface area (Å²) in [7, 11) is -2.16. The van der Waals surface area contributed by atoms with Crippen LogP contribution in [0.4, 0.5) is 5.69 Å². The van der Waals surface area contributed by atoms with Gasteiger partial charge in [0.2, 0.25) is 0 Å². The zero-order valence-corrected chi connectivity index (χ0v) is 16.7. The molecule has 1 heterocycles. The van der Waals surface area contributed by atoms with Crippen molar-refractivity contribution in [3.63, 3.8) is 0 Å². The molecule has 3 rings (SSSR count). The zero-order valence-electron chi connectivity index (χ0n) is 15.1. The molecule has 6 nitrogen and oxygen atoms in total. The minimum absolute atomic E-state index is 0. The smallest absolute Gasteiger partial charge is 0.264 e. The summed E-state index contributed by atoms with van der Waals surface area (Å²) in [4.78, 5) is 14.5. The number of rotatable bonds is 4.